The molecule has 0 aromatic heterocycles. The summed E-state index contributed by atoms with van der Waals surface area (Å²) in [7, 11) is 0. The number of hydrogen-bond acceptors (Lipinski definition) is 6. The number of benzene rings is 1. The van der Waals surface area contributed by atoms with E-state index in [0.717, 1.165) is 31.2 Å². The van der Waals surface area contributed by atoms with Crippen molar-refractivity contribution >= 4 is 0 Å². The molecule has 3 fully saturated rings. The van der Waals surface area contributed by atoms with Crippen LogP contribution in [-0.2, 0) is 35.0 Å². The third-order valence-corrected chi connectivity index (χ3v) is 6.76. The summed E-state index contributed by atoms with van der Waals surface area (Å²) in [6, 6.07) is 10.1. The Balaban J connectivity index is 1.66. The van der Waals surface area contributed by atoms with Gasteiger partial charge in [0.2, 0.25) is 0 Å². The predicted octanol–water partition coefficient (Wildman–Crippen LogP) is 4.74. The summed E-state index contributed by atoms with van der Waals surface area (Å²) < 4.78 is 38.8. The zero-order valence-corrected chi connectivity index (χ0v) is 20.0. The van der Waals surface area contributed by atoms with Crippen molar-refractivity contribution in [2.24, 2.45) is 0 Å². The van der Waals surface area contributed by atoms with Crippen LogP contribution >= 0.6 is 0 Å². The van der Waals surface area contributed by atoms with Gasteiger partial charge >= 0.3 is 0 Å². The van der Waals surface area contributed by atoms with Crippen molar-refractivity contribution in [3.63, 3.8) is 0 Å². The quantitative estimate of drug-likeness (QED) is 0.411. The molecule has 1 spiro atoms. The van der Waals surface area contributed by atoms with Gasteiger partial charge in [0.05, 0.1) is 26.4 Å². The normalized spacial score (nSPS) is 32.2. The lowest BCUT2D eigenvalue weighted by Gasteiger charge is -2.46. The number of hydrogen-bond donors (Lipinski definition) is 0. The van der Waals surface area contributed by atoms with E-state index in [4.69, 9.17) is 28.4 Å². The van der Waals surface area contributed by atoms with Gasteiger partial charge in [-0.25, -0.2) is 0 Å². The smallest absolute Gasteiger partial charge is 0.169 e. The second-order valence-corrected chi connectivity index (χ2v) is 9.16. The second-order valence-electron chi connectivity index (χ2n) is 9.16. The Kier molecular flexibility index (Phi) is 9.11. The van der Waals surface area contributed by atoms with Crippen LogP contribution in [0.4, 0.5) is 0 Å². The monoisotopic (exact) mass is 470 g/mol. The molecule has 0 bridgehead atoms. The molecule has 1 saturated heterocycles. The molecular formula is C28H38O6. The van der Waals surface area contributed by atoms with Gasteiger partial charge in [0, 0.05) is 12.8 Å². The average molecular weight is 471 g/mol. The third kappa shape index (κ3) is 5.70. The fourth-order valence-corrected chi connectivity index (χ4v) is 5.30. The molecule has 0 N–H and O–H groups in total. The van der Waals surface area contributed by atoms with Crippen molar-refractivity contribution in [2.75, 3.05) is 19.8 Å². The largest absolute Gasteiger partial charge is 0.369 e. The molecule has 0 unspecified atom stereocenters. The van der Waals surface area contributed by atoms with Gasteiger partial charge in [-0.15, -0.1) is 19.7 Å². The van der Waals surface area contributed by atoms with Crippen LogP contribution in [0.3, 0.4) is 0 Å². The summed E-state index contributed by atoms with van der Waals surface area (Å²) in [6.07, 6.45) is 8.01. The number of rotatable bonds is 12. The first-order valence-corrected chi connectivity index (χ1v) is 12.4. The summed E-state index contributed by atoms with van der Waals surface area (Å²) in [5.74, 6) is -0.601. The highest BCUT2D eigenvalue weighted by atomic mass is 16.8. The van der Waals surface area contributed by atoms with E-state index in [1.54, 1.807) is 18.2 Å². The van der Waals surface area contributed by atoms with Crippen molar-refractivity contribution in [2.45, 2.75) is 81.1 Å². The standard InChI is InChI=1S/C28H38O6/c1-4-17-29-22-23(32-20-21-13-9-7-10-14-21)25(31-19-6-3)27-26(24(22)30-18-5-2)33-28(34-27)15-11-8-12-16-28/h4-7,9-10,13-14,22-27H,1-3,8,11-12,15-20H2/t22-,23-,24+,25+,26+,27-/m0/s1. The Hall–Kier alpha value is -1.80. The minimum atomic E-state index is -0.601. The molecule has 34 heavy (non-hydrogen) atoms. The van der Waals surface area contributed by atoms with E-state index < -0.39 is 30.2 Å². The summed E-state index contributed by atoms with van der Waals surface area (Å²) >= 11 is 0. The zero-order chi connectivity index (χ0) is 23.8. The molecule has 1 aromatic carbocycles. The maximum atomic E-state index is 6.71. The highest BCUT2D eigenvalue weighted by molar-refractivity contribution is 5.14. The van der Waals surface area contributed by atoms with Crippen LogP contribution < -0.4 is 0 Å². The van der Waals surface area contributed by atoms with Crippen LogP contribution in [0.25, 0.3) is 0 Å². The van der Waals surface area contributed by atoms with Crippen LogP contribution in [0.2, 0.25) is 0 Å². The molecule has 4 rings (SSSR count). The topological polar surface area (TPSA) is 55.4 Å². The lowest BCUT2D eigenvalue weighted by Crippen LogP contribution is -2.65. The van der Waals surface area contributed by atoms with Gasteiger partial charge in [-0.05, 0) is 18.4 Å². The first-order chi connectivity index (χ1) is 16.7. The van der Waals surface area contributed by atoms with Crippen molar-refractivity contribution < 1.29 is 28.4 Å². The van der Waals surface area contributed by atoms with Crippen LogP contribution in [0.15, 0.2) is 68.3 Å². The first-order valence-electron chi connectivity index (χ1n) is 12.4. The van der Waals surface area contributed by atoms with Crippen molar-refractivity contribution in [1.29, 1.82) is 0 Å². The van der Waals surface area contributed by atoms with E-state index in [-0.39, 0.29) is 12.2 Å². The van der Waals surface area contributed by atoms with Crippen molar-refractivity contribution in [3.05, 3.63) is 73.9 Å². The van der Waals surface area contributed by atoms with E-state index in [0.29, 0.717) is 26.4 Å². The molecule has 1 aliphatic heterocycles. The maximum absolute atomic E-state index is 6.71. The molecule has 186 valence electrons. The highest BCUT2D eigenvalue weighted by Crippen LogP contribution is 2.47. The Morgan fingerprint density at radius 2 is 1.21 bits per heavy atom. The first kappa shape index (κ1) is 25.3. The van der Waals surface area contributed by atoms with Gasteiger partial charge in [0.15, 0.2) is 5.79 Å². The van der Waals surface area contributed by atoms with Crippen molar-refractivity contribution in [3.8, 4) is 0 Å². The van der Waals surface area contributed by atoms with E-state index in [2.05, 4.69) is 19.7 Å². The third-order valence-electron chi connectivity index (χ3n) is 6.76. The fourth-order valence-electron chi connectivity index (χ4n) is 5.30. The van der Waals surface area contributed by atoms with Gasteiger partial charge < -0.3 is 28.4 Å². The van der Waals surface area contributed by atoms with Gasteiger partial charge in [0.1, 0.15) is 36.6 Å². The van der Waals surface area contributed by atoms with E-state index in [1.165, 1.54) is 6.42 Å². The minimum absolute atomic E-state index is 0.334. The van der Waals surface area contributed by atoms with E-state index in [9.17, 15) is 0 Å². The molecule has 0 amide bonds. The van der Waals surface area contributed by atoms with Crippen LogP contribution in [-0.4, -0.2) is 62.2 Å². The fraction of sp³-hybridized carbons (Fsp3) is 0.571. The number of fused-ring (bicyclic) bond motifs is 1. The zero-order valence-electron chi connectivity index (χ0n) is 20.0. The van der Waals surface area contributed by atoms with Crippen LogP contribution in [0, 0.1) is 0 Å². The minimum Gasteiger partial charge on any atom is -0.369 e. The Morgan fingerprint density at radius 3 is 1.74 bits per heavy atom. The molecule has 2 saturated carbocycles. The highest BCUT2D eigenvalue weighted by Gasteiger charge is 2.62. The molecule has 3 aliphatic rings. The summed E-state index contributed by atoms with van der Waals surface area (Å²) in [6.45, 7) is 13.0. The molecule has 1 aromatic rings. The maximum Gasteiger partial charge on any atom is 0.169 e. The van der Waals surface area contributed by atoms with E-state index >= 15 is 0 Å². The second kappa shape index (κ2) is 12.2. The SMILES string of the molecule is C=CCO[C@H]1[C@H](OCc2ccccc2)[C@@H](OCC=C)[C@@H]2OC3(CCCCC3)O[C@@H]2[C@@H]1OCC=C. The lowest BCUT2D eigenvalue weighted by atomic mass is 9.84. The molecule has 2 aliphatic carbocycles. The van der Waals surface area contributed by atoms with Crippen LogP contribution in [0.5, 0.6) is 0 Å². The van der Waals surface area contributed by atoms with E-state index in [1.807, 2.05) is 30.3 Å². The molecule has 6 heteroatoms. The van der Waals surface area contributed by atoms with Crippen molar-refractivity contribution in [1.82, 2.24) is 0 Å². The average Bonchev–Trinajstić information content (AvgIpc) is 3.23. The summed E-state index contributed by atoms with van der Waals surface area (Å²) in [5, 5.41) is 0. The molecule has 0 radical (unpaired) electrons. The molecular weight excluding hydrogens is 432 g/mol. The predicted molar refractivity (Wildman–Crippen MR) is 130 cm³/mol. The lowest BCUT2D eigenvalue weighted by molar-refractivity contribution is -0.240. The molecule has 6 atom stereocenters. The Morgan fingerprint density at radius 1 is 0.706 bits per heavy atom. The van der Waals surface area contributed by atoms with Gasteiger partial charge in [-0.1, -0.05) is 55.0 Å². The molecule has 6 nitrogen and oxygen atoms in total. The Labute approximate surface area is 203 Å². The summed E-state index contributed by atoms with van der Waals surface area (Å²) in [5.41, 5.74) is 1.07. The summed E-state index contributed by atoms with van der Waals surface area (Å²) in [4.78, 5) is 0. The van der Waals surface area contributed by atoms with Crippen LogP contribution in [0.1, 0.15) is 37.7 Å². The molecule has 1 heterocycles. The van der Waals surface area contributed by atoms with Gasteiger partial charge in [-0.2, -0.15) is 0 Å². The Bertz CT molecular complexity index is 789. The van der Waals surface area contributed by atoms with Gasteiger partial charge in [0.25, 0.3) is 0 Å². The number of ether oxygens (including phenoxy) is 6. The van der Waals surface area contributed by atoms with Gasteiger partial charge in [-0.3, -0.25) is 0 Å².